The zero-order chi connectivity index (χ0) is 10.4. The van der Waals surface area contributed by atoms with Gasteiger partial charge >= 0.3 is 0 Å². The van der Waals surface area contributed by atoms with E-state index in [0.29, 0.717) is 5.75 Å². The zero-order valence-corrected chi connectivity index (χ0v) is 9.60. The summed E-state index contributed by atoms with van der Waals surface area (Å²) in [7, 11) is 1.79. The van der Waals surface area contributed by atoms with Crippen molar-refractivity contribution in [3.8, 4) is 0 Å². The lowest BCUT2D eigenvalue weighted by atomic mass is 10.3. The average Bonchev–Trinajstić information content (AvgIpc) is 2.11. The van der Waals surface area contributed by atoms with Crippen LogP contribution in [-0.2, 0) is 4.79 Å². The Morgan fingerprint density at radius 2 is 2.08 bits per heavy atom. The Labute approximate surface area is 84.5 Å². The van der Waals surface area contributed by atoms with Crippen LogP contribution in [-0.4, -0.2) is 46.6 Å². The lowest BCUT2D eigenvalue weighted by Crippen LogP contribution is -2.29. The zero-order valence-electron chi connectivity index (χ0n) is 8.78. The molecule has 4 heteroatoms. The summed E-state index contributed by atoms with van der Waals surface area (Å²) in [5.74, 6) is 0.580. The van der Waals surface area contributed by atoms with Gasteiger partial charge in [0.05, 0.1) is 11.9 Å². The van der Waals surface area contributed by atoms with Gasteiger partial charge in [-0.2, -0.15) is 0 Å². The van der Waals surface area contributed by atoms with Gasteiger partial charge in [-0.3, -0.25) is 4.79 Å². The molecule has 0 fully saturated rings. The topological polar surface area (TPSA) is 40.5 Å². The number of nitrogens with zero attached hydrogens (tertiary/aromatic N) is 1. The summed E-state index contributed by atoms with van der Waals surface area (Å²) in [6, 6.07) is 0. The minimum atomic E-state index is -0.357. The number of hydrogen-bond acceptors (Lipinski definition) is 3. The molecule has 0 aromatic rings. The Morgan fingerprint density at radius 3 is 2.46 bits per heavy atom. The SMILES string of the molecule is CCN(C)C(=O)CSC(C)C(C)O. The van der Waals surface area contributed by atoms with E-state index in [0.717, 1.165) is 6.54 Å². The second kappa shape index (κ2) is 6.27. The second-order valence-electron chi connectivity index (χ2n) is 3.16. The fourth-order valence-electron chi connectivity index (χ4n) is 0.629. The van der Waals surface area contributed by atoms with E-state index >= 15 is 0 Å². The van der Waals surface area contributed by atoms with E-state index in [2.05, 4.69) is 0 Å². The highest BCUT2D eigenvalue weighted by Crippen LogP contribution is 2.14. The molecule has 2 atom stereocenters. The van der Waals surface area contributed by atoms with Crippen LogP contribution >= 0.6 is 11.8 Å². The monoisotopic (exact) mass is 205 g/mol. The molecule has 1 amide bonds. The highest BCUT2D eigenvalue weighted by molar-refractivity contribution is 8.00. The van der Waals surface area contributed by atoms with Crippen molar-refractivity contribution in [2.75, 3.05) is 19.3 Å². The van der Waals surface area contributed by atoms with Gasteiger partial charge in [0, 0.05) is 18.8 Å². The molecule has 0 aliphatic rings. The maximum Gasteiger partial charge on any atom is 0.232 e. The first-order valence-corrected chi connectivity index (χ1v) is 5.57. The predicted molar refractivity (Wildman–Crippen MR) is 56.9 cm³/mol. The third-order valence-corrected chi connectivity index (χ3v) is 3.38. The van der Waals surface area contributed by atoms with E-state index in [1.165, 1.54) is 11.8 Å². The van der Waals surface area contributed by atoms with E-state index < -0.39 is 0 Å². The van der Waals surface area contributed by atoms with Crippen LogP contribution in [0, 0.1) is 0 Å². The number of rotatable bonds is 5. The number of aliphatic hydroxyl groups excluding tert-OH is 1. The van der Waals surface area contributed by atoms with Gasteiger partial charge in [0.2, 0.25) is 5.91 Å². The predicted octanol–water partition coefficient (Wildman–Crippen LogP) is 0.967. The molecule has 0 saturated carbocycles. The van der Waals surface area contributed by atoms with Crippen LogP contribution in [0.4, 0.5) is 0 Å². The minimum Gasteiger partial charge on any atom is -0.392 e. The summed E-state index contributed by atoms with van der Waals surface area (Å²) in [6.45, 7) is 6.35. The molecule has 0 radical (unpaired) electrons. The summed E-state index contributed by atoms with van der Waals surface area (Å²) < 4.78 is 0. The number of thioether (sulfide) groups is 1. The third kappa shape index (κ3) is 5.16. The van der Waals surface area contributed by atoms with Gasteiger partial charge in [-0.1, -0.05) is 6.92 Å². The van der Waals surface area contributed by atoms with Crippen LogP contribution in [0.5, 0.6) is 0 Å². The quantitative estimate of drug-likeness (QED) is 0.727. The van der Waals surface area contributed by atoms with Crippen molar-refractivity contribution < 1.29 is 9.90 Å². The Balaban J connectivity index is 3.70. The molecule has 0 bridgehead atoms. The van der Waals surface area contributed by atoms with Crippen LogP contribution in [0.2, 0.25) is 0 Å². The molecule has 1 N–H and O–H groups in total. The van der Waals surface area contributed by atoms with E-state index in [9.17, 15) is 9.90 Å². The maximum absolute atomic E-state index is 11.3. The van der Waals surface area contributed by atoms with Gasteiger partial charge in [0.15, 0.2) is 0 Å². The fraction of sp³-hybridized carbons (Fsp3) is 0.889. The number of amides is 1. The van der Waals surface area contributed by atoms with Crippen LogP contribution in [0.3, 0.4) is 0 Å². The summed E-state index contributed by atoms with van der Waals surface area (Å²) in [5.41, 5.74) is 0. The van der Waals surface area contributed by atoms with Crippen LogP contribution in [0.1, 0.15) is 20.8 Å². The van der Waals surface area contributed by atoms with Crippen LogP contribution in [0.25, 0.3) is 0 Å². The molecule has 0 aromatic heterocycles. The highest BCUT2D eigenvalue weighted by Gasteiger charge is 2.13. The molecular weight excluding hydrogens is 186 g/mol. The Hall–Kier alpha value is -0.220. The molecule has 0 rings (SSSR count). The minimum absolute atomic E-state index is 0.120. The largest absolute Gasteiger partial charge is 0.392 e. The molecule has 3 nitrogen and oxygen atoms in total. The molecule has 2 unspecified atom stereocenters. The molecule has 0 spiro atoms. The van der Waals surface area contributed by atoms with E-state index in [-0.39, 0.29) is 17.3 Å². The second-order valence-corrected chi connectivity index (χ2v) is 4.53. The van der Waals surface area contributed by atoms with Crippen molar-refractivity contribution in [2.45, 2.75) is 32.1 Å². The Morgan fingerprint density at radius 1 is 1.54 bits per heavy atom. The molecule has 0 aliphatic heterocycles. The van der Waals surface area contributed by atoms with Crippen LogP contribution in [0.15, 0.2) is 0 Å². The smallest absolute Gasteiger partial charge is 0.232 e. The molecule has 0 aliphatic carbocycles. The summed E-state index contributed by atoms with van der Waals surface area (Å²) in [5, 5.41) is 9.30. The number of hydrogen-bond donors (Lipinski definition) is 1. The van der Waals surface area contributed by atoms with E-state index in [1.54, 1.807) is 18.9 Å². The first-order chi connectivity index (χ1) is 5.99. The lowest BCUT2D eigenvalue weighted by molar-refractivity contribution is -0.126. The van der Waals surface area contributed by atoms with Crippen LogP contribution < -0.4 is 0 Å². The average molecular weight is 205 g/mol. The number of carbonyl (C=O) groups excluding carboxylic acids is 1. The molecule has 0 aromatic carbocycles. The highest BCUT2D eigenvalue weighted by atomic mass is 32.2. The first kappa shape index (κ1) is 12.8. The van der Waals surface area contributed by atoms with Crippen molar-refractivity contribution in [3.05, 3.63) is 0 Å². The molecule has 0 saturated heterocycles. The summed E-state index contributed by atoms with van der Waals surface area (Å²) in [4.78, 5) is 13.0. The standard InChI is InChI=1S/C9H19NO2S/c1-5-10(4)9(12)6-13-8(3)7(2)11/h7-8,11H,5-6H2,1-4H3. The van der Waals surface area contributed by atoms with Gasteiger partial charge in [0.1, 0.15) is 0 Å². The molecule has 0 heterocycles. The van der Waals surface area contributed by atoms with Crippen molar-refractivity contribution in [2.24, 2.45) is 0 Å². The third-order valence-electron chi connectivity index (χ3n) is 2.05. The van der Waals surface area contributed by atoms with Gasteiger partial charge < -0.3 is 10.0 Å². The summed E-state index contributed by atoms with van der Waals surface area (Å²) >= 11 is 1.50. The van der Waals surface area contributed by atoms with Crippen molar-refractivity contribution in [3.63, 3.8) is 0 Å². The maximum atomic E-state index is 11.3. The first-order valence-electron chi connectivity index (χ1n) is 4.52. The van der Waals surface area contributed by atoms with Gasteiger partial charge in [-0.25, -0.2) is 0 Å². The van der Waals surface area contributed by atoms with Crippen molar-refractivity contribution in [1.82, 2.24) is 4.90 Å². The molecular formula is C9H19NO2S. The number of aliphatic hydroxyl groups is 1. The molecule has 78 valence electrons. The van der Waals surface area contributed by atoms with Gasteiger partial charge in [0.25, 0.3) is 0 Å². The Bertz CT molecular complexity index is 162. The molecule has 13 heavy (non-hydrogen) atoms. The normalized spacial score (nSPS) is 15.2. The van der Waals surface area contributed by atoms with Crippen molar-refractivity contribution >= 4 is 17.7 Å². The van der Waals surface area contributed by atoms with Crippen molar-refractivity contribution in [1.29, 1.82) is 0 Å². The lowest BCUT2D eigenvalue weighted by Gasteiger charge is -2.17. The van der Waals surface area contributed by atoms with Gasteiger partial charge in [-0.15, -0.1) is 11.8 Å². The van der Waals surface area contributed by atoms with E-state index in [4.69, 9.17) is 0 Å². The summed E-state index contributed by atoms with van der Waals surface area (Å²) in [6.07, 6.45) is -0.357. The number of carbonyl (C=O) groups is 1. The fourth-order valence-corrected chi connectivity index (χ4v) is 1.53. The Kier molecular flexibility index (Phi) is 6.16. The van der Waals surface area contributed by atoms with E-state index in [1.807, 2.05) is 13.8 Å². The van der Waals surface area contributed by atoms with Gasteiger partial charge in [-0.05, 0) is 13.8 Å².